The Morgan fingerprint density at radius 3 is 2.59 bits per heavy atom. The molecule has 5 heteroatoms. The highest BCUT2D eigenvalue weighted by Gasteiger charge is 2.28. The molecule has 1 aromatic carbocycles. The largest absolute Gasteiger partial charge is 0.348 e. The van der Waals surface area contributed by atoms with Crippen molar-refractivity contribution in [3.63, 3.8) is 0 Å². The fourth-order valence-corrected chi connectivity index (χ4v) is 1.85. The zero-order valence-electron chi connectivity index (χ0n) is 10.2. The molecular weight excluding hydrogens is 216 g/mol. The molecule has 0 radical (unpaired) electrons. The summed E-state index contributed by atoms with van der Waals surface area (Å²) in [4.78, 5) is 11.8. The third-order valence-corrected chi connectivity index (χ3v) is 2.71. The summed E-state index contributed by atoms with van der Waals surface area (Å²) in [6, 6.07) is 9.94. The van der Waals surface area contributed by atoms with Crippen LogP contribution < -0.4 is 10.9 Å². The van der Waals surface area contributed by atoms with E-state index in [1.54, 1.807) is 12.1 Å². The maximum Gasteiger partial charge on any atom is 0.348 e. The van der Waals surface area contributed by atoms with Crippen molar-refractivity contribution in [1.29, 1.82) is 0 Å². The molecule has 1 unspecified atom stereocenters. The number of urea groups is 1. The van der Waals surface area contributed by atoms with Gasteiger partial charge in [-0.05, 0) is 12.0 Å². The molecule has 0 aromatic heterocycles. The van der Waals surface area contributed by atoms with E-state index in [9.17, 15) is 4.79 Å². The van der Waals surface area contributed by atoms with E-state index < -0.39 is 0 Å². The monoisotopic (exact) mass is 234 g/mol. The van der Waals surface area contributed by atoms with Crippen LogP contribution in [0.4, 0.5) is 4.79 Å². The van der Waals surface area contributed by atoms with Crippen molar-refractivity contribution in [1.82, 2.24) is 20.9 Å². The molecule has 0 saturated carbocycles. The van der Waals surface area contributed by atoms with Crippen LogP contribution in [0.5, 0.6) is 0 Å². The summed E-state index contributed by atoms with van der Waals surface area (Å²) >= 11 is 0. The molecule has 2 amide bonds. The zero-order chi connectivity index (χ0) is 12.3. The molecule has 2 rings (SSSR count). The van der Waals surface area contributed by atoms with Crippen molar-refractivity contribution in [2.75, 3.05) is 13.6 Å². The first-order chi connectivity index (χ1) is 8.22. The molecule has 0 spiro atoms. The molecule has 1 aromatic rings. The average molecular weight is 234 g/mol. The molecule has 2 N–H and O–H groups in total. The number of carbonyl (C=O) groups is 1. The third kappa shape index (κ3) is 2.57. The molecular formula is C12H18N4O. The van der Waals surface area contributed by atoms with Crippen LogP contribution in [0.2, 0.25) is 0 Å². The Kier molecular flexibility index (Phi) is 3.61. The van der Waals surface area contributed by atoms with Gasteiger partial charge in [0.25, 0.3) is 0 Å². The Morgan fingerprint density at radius 1 is 1.24 bits per heavy atom. The van der Waals surface area contributed by atoms with Crippen LogP contribution in [0.15, 0.2) is 30.3 Å². The molecule has 1 heterocycles. The van der Waals surface area contributed by atoms with Gasteiger partial charge in [0.05, 0.1) is 0 Å². The first kappa shape index (κ1) is 11.9. The Morgan fingerprint density at radius 2 is 1.94 bits per heavy atom. The Hall–Kier alpha value is -1.59. The van der Waals surface area contributed by atoms with E-state index in [0.29, 0.717) is 6.54 Å². The lowest BCUT2D eigenvalue weighted by Gasteiger charge is -2.39. The maximum atomic E-state index is 11.8. The van der Waals surface area contributed by atoms with Gasteiger partial charge < -0.3 is 0 Å². The molecule has 5 nitrogen and oxygen atoms in total. The Bertz CT molecular complexity index is 381. The van der Waals surface area contributed by atoms with Gasteiger partial charge in [-0.2, -0.15) is 0 Å². The van der Waals surface area contributed by atoms with Gasteiger partial charge in [-0.3, -0.25) is 10.0 Å². The lowest BCUT2D eigenvalue weighted by Crippen LogP contribution is -2.63. The summed E-state index contributed by atoms with van der Waals surface area (Å²) in [5, 5.41) is 3.16. The van der Waals surface area contributed by atoms with E-state index in [1.165, 1.54) is 5.01 Å². The zero-order valence-corrected chi connectivity index (χ0v) is 10.2. The lowest BCUT2D eigenvalue weighted by atomic mass is 10.2. The normalized spacial score (nSPS) is 20.8. The molecule has 17 heavy (non-hydrogen) atoms. The van der Waals surface area contributed by atoms with E-state index >= 15 is 0 Å². The number of amides is 2. The lowest BCUT2D eigenvalue weighted by molar-refractivity contribution is 0.0440. The predicted molar refractivity (Wildman–Crippen MR) is 65.6 cm³/mol. The number of nitrogens with one attached hydrogen (secondary N) is 2. The van der Waals surface area contributed by atoms with Crippen LogP contribution in [0.3, 0.4) is 0 Å². The summed E-state index contributed by atoms with van der Waals surface area (Å²) in [6.45, 7) is 2.75. The van der Waals surface area contributed by atoms with Crippen LogP contribution in [-0.2, 0) is 0 Å². The van der Waals surface area contributed by atoms with Gasteiger partial charge >= 0.3 is 6.03 Å². The van der Waals surface area contributed by atoms with Gasteiger partial charge in [-0.25, -0.2) is 15.6 Å². The fraction of sp³-hybridized carbons (Fsp3) is 0.417. The minimum Gasteiger partial charge on any atom is -0.260 e. The number of hydrogen-bond donors (Lipinski definition) is 2. The molecule has 1 fully saturated rings. The second kappa shape index (κ2) is 5.16. The van der Waals surface area contributed by atoms with Crippen LogP contribution in [0.25, 0.3) is 0 Å². The van der Waals surface area contributed by atoms with Crippen molar-refractivity contribution in [2.24, 2.45) is 0 Å². The van der Waals surface area contributed by atoms with Crippen LogP contribution in [-0.4, -0.2) is 29.6 Å². The van der Waals surface area contributed by atoms with E-state index in [4.69, 9.17) is 0 Å². The second-order valence-electron chi connectivity index (χ2n) is 4.10. The van der Waals surface area contributed by atoms with Crippen molar-refractivity contribution >= 4 is 6.03 Å². The minimum absolute atomic E-state index is 0.0565. The smallest absolute Gasteiger partial charge is 0.260 e. The highest BCUT2D eigenvalue weighted by atomic mass is 16.2. The van der Waals surface area contributed by atoms with Crippen LogP contribution in [0, 0.1) is 0 Å². The number of carbonyl (C=O) groups excluding carboxylic acids is 1. The molecule has 92 valence electrons. The van der Waals surface area contributed by atoms with Gasteiger partial charge in [0.2, 0.25) is 0 Å². The number of benzene rings is 1. The average Bonchev–Trinajstić information content (AvgIpc) is 2.36. The van der Waals surface area contributed by atoms with E-state index in [1.807, 2.05) is 30.3 Å². The SMILES string of the molecule is CCCN1NC(c2ccccc2)NN(C)C1=O. The van der Waals surface area contributed by atoms with Crippen molar-refractivity contribution < 1.29 is 4.79 Å². The number of hydrogen-bond acceptors (Lipinski definition) is 3. The first-order valence-electron chi connectivity index (χ1n) is 5.85. The van der Waals surface area contributed by atoms with Gasteiger partial charge in [0.15, 0.2) is 0 Å². The van der Waals surface area contributed by atoms with E-state index in [-0.39, 0.29) is 12.2 Å². The van der Waals surface area contributed by atoms with Crippen molar-refractivity contribution in [2.45, 2.75) is 19.5 Å². The summed E-state index contributed by atoms with van der Waals surface area (Å²) < 4.78 is 0. The Balaban J connectivity index is 2.13. The molecule has 1 atom stereocenters. The topological polar surface area (TPSA) is 47.6 Å². The summed E-state index contributed by atoms with van der Waals surface area (Å²) in [5.41, 5.74) is 7.39. The highest BCUT2D eigenvalue weighted by molar-refractivity contribution is 5.73. The molecule has 1 aliphatic rings. The van der Waals surface area contributed by atoms with E-state index in [0.717, 1.165) is 12.0 Å². The van der Waals surface area contributed by atoms with Crippen LogP contribution >= 0.6 is 0 Å². The van der Waals surface area contributed by atoms with Gasteiger partial charge in [-0.15, -0.1) is 0 Å². The highest BCUT2D eigenvalue weighted by Crippen LogP contribution is 2.14. The van der Waals surface area contributed by atoms with Gasteiger partial charge in [0, 0.05) is 13.6 Å². The van der Waals surface area contributed by atoms with Crippen molar-refractivity contribution in [3.8, 4) is 0 Å². The van der Waals surface area contributed by atoms with Gasteiger partial charge in [-0.1, -0.05) is 37.3 Å². The van der Waals surface area contributed by atoms with Crippen molar-refractivity contribution in [3.05, 3.63) is 35.9 Å². The maximum absolute atomic E-state index is 11.8. The molecule has 0 aliphatic carbocycles. The summed E-state index contributed by atoms with van der Waals surface area (Å²) in [6.07, 6.45) is 0.860. The van der Waals surface area contributed by atoms with E-state index in [2.05, 4.69) is 17.8 Å². The van der Waals surface area contributed by atoms with Crippen LogP contribution in [0.1, 0.15) is 25.1 Å². The number of rotatable bonds is 3. The quantitative estimate of drug-likeness (QED) is 0.832. The number of hydrazine groups is 2. The molecule has 1 saturated heterocycles. The summed E-state index contributed by atoms with van der Waals surface area (Å²) in [7, 11) is 1.74. The summed E-state index contributed by atoms with van der Waals surface area (Å²) in [5.74, 6) is 0. The second-order valence-corrected chi connectivity index (χ2v) is 4.10. The fourth-order valence-electron chi connectivity index (χ4n) is 1.85. The number of nitrogens with zero attached hydrogens (tertiary/aromatic N) is 2. The molecule has 0 bridgehead atoms. The first-order valence-corrected chi connectivity index (χ1v) is 5.85. The third-order valence-electron chi connectivity index (χ3n) is 2.71. The Labute approximate surface area is 101 Å². The molecule has 1 aliphatic heterocycles. The minimum atomic E-state index is -0.0644. The predicted octanol–water partition coefficient (Wildman–Crippen LogP) is 1.47. The van der Waals surface area contributed by atoms with Gasteiger partial charge in [0.1, 0.15) is 6.17 Å². The standard InChI is InChI=1S/C12H18N4O/c1-3-9-16-12(17)15(2)13-11(14-16)10-7-5-4-6-8-10/h4-8,11,13-14H,3,9H2,1-2H3.